The molecule has 0 unspecified atom stereocenters. The zero-order valence-corrected chi connectivity index (χ0v) is 11.0. The molecular weight excluding hydrogens is 246 g/mol. The number of aromatic amines is 1. The van der Waals surface area contributed by atoms with Gasteiger partial charge < -0.3 is 10.2 Å². The number of nitrogens with zero attached hydrogens (tertiary/aromatic N) is 3. The highest BCUT2D eigenvalue weighted by Gasteiger charge is 2.11. The molecule has 0 aliphatic rings. The molecule has 2 N–H and O–H groups in total. The molecule has 0 aliphatic carbocycles. The van der Waals surface area contributed by atoms with Crippen LogP contribution in [0.2, 0.25) is 0 Å². The maximum Gasteiger partial charge on any atom is 0.270 e. The first-order valence-electron chi connectivity index (χ1n) is 6.09. The molecule has 1 heterocycles. The standard InChI is InChI=1S/C12H17N5O2/c1-16(2)7-3-6-13-12-10-8-9(17(18)19)4-5-11(10)14-15-12/h4-5,8H,3,6-7H2,1-2H3,(H2,13,14,15). The summed E-state index contributed by atoms with van der Waals surface area (Å²) in [7, 11) is 4.04. The number of hydrogen-bond acceptors (Lipinski definition) is 5. The first-order chi connectivity index (χ1) is 9.08. The number of H-pyrrole nitrogens is 1. The number of aromatic nitrogens is 2. The highest BCUT2D eigenvalue weighted by Crippen LogP contribution is 2.24. The Balaban J connectivity index is 2.10. The molecule has 1 aromatic heterocycles. The van der Waals surface area contributed by atoms with Crippen molar-refractivity contribution < 1.29 is 4.92 Å². The number of anilines is 1. The number of non-ortho nitro benzene ring substituents is 1. The normalized spacial score (nSPS) is 11.1. The van der Waals surface area contributed by atoms with Crippen LogP contribution in [0.15, 0.2) is 18.2 Å². The minimum absolute atomic E-state index is 0.0743. The van der Waals surface area contributed by atoms with Gasteiger partial charge >= 0.3 is 0 Å². The average Bonchev–Trinajstić information content (AvgIpc) is 2.76. The Morgan fingerprint density at radius 2 is 2.26 bits per heavy atom. The van der Waals surface area contributed by atoms with Gasteiger partial charge in [-0.1, -0.05) is 0 Å². The molecule has 2 rings (SSSR count). The molecule has 2 aromatic rings. The van der Waals surface area contributed by atoms with Gasteiger partial charge in [-0.25, -0.2) is 0 Å². The van der Waals surface area contributed by atoms with Crippen molar-refractivity contribution in [3.63, 3.8) is 0 Å². The summed E-state index contributed by atoms with van der Waals surface area (Å²) in [5, 5.41) is 21.7. The summed E-state index contributed by atoms with van der Waals surface area (Å²) in [4.78, 5) is 12.5. The van der Waals surface area contributed by atoms with Crippen LogP contribution in [0.3, 0.4) is 0 Å². The zero-order chi connectivity index (χ0) is 13.8. The predicted molar refractivity (Wildman–Crippen MR) is 74.4 cm³/mol. The Bertz CT molecular complexity index is 579. The van der Waals surface area contributed by atoms with E-state index in [9.17, 15) is 10.1 Å². The van der Waals surface area contributed by atoms with Crippen molar-refractivity contribution in [1.82, 2.24) is 15.1 Å². The Hall–Kier alpha value is -2.15. The van der Waals surface area contributed by atoms with Crippen LogP contribution in [-0.4, -0.2) is 47.2 Å². The smallest absolute Gasteiger partial charge is 0.270 e. The van der Waals surface area contributed by atoms with Gasteiger partial charge in [0.2, 0.25) is 0 Å². The molecule has 0 fully saturated rings. The van der Waals surface area contributed by atoms with Crippen LogP contribution in [-0.2, 0) is 0 Å². The number of benzene rings is 1. The summed E-state index contributed by atoms with van der Waals surface area (Å²) in [6.45, 7) is 1.76. The van der Waals surface area contributed by atoms with E-state index < -0.39 is 4.92 Å². The van der Waals surface area contributed by atoms with Crippen molar-refractivity contribution in [3.8, 4) is 0 Å². The molecule has 19 heavy (non-hydrogen) atoms. The van der Waals surface area contributed by atoms with Gasteiger partial charge in [0.15, 0.2) is 5.82 Å². The third kappa shape index (κ3) is 3.19. The molecule has 0 radical (unpaired) electrons. The van der Waals surface area contributed by atoms with E-state index in [0.29, 0.717) is 5.82 Å². The van der Waals surface area contributed by atoms with Crippen LogP contribution in [0.25, 0.3) is 10.9 Å². The second-order valence-electron chi connectivity index (χ2n) is 4.64. The van der Waals surface area contributed by atoms with E-state index in [1.54, 1.807) is 6.07 Å². The highest BCUT2D eigenvalue weighted by atomic mass is 16.6. The van der Waals surface area contributed by atoms with Crippen molar-refractivity contribution in [2.24, 2.45) is 0 Å². The van der Waals surface area contributed by atoms with Crippen molar-refractivity contribution in [3.05, 3.63) is 28.3 Å². The maximum absolute atomic E-state index is 10.8. The van der Waals surface area contributed by atoms with Crippen LogP contribution in [0.4, 0.5) is 11.5 Å². The van der Waals surface area contributed by atoms with Gasteiger partial charge in [-0.15, -0.1) is 0 Å². The molecule has 7 nitrogen and oxygen atoms in total. The lowest BCUT2D eigenvalue weighted by Crippen LogP contribution is -2.16. The van der Waals surface area contributed by atoms with E-state index in [2.05, 4.69) is 20.4 Å². The van der Waals surface area contributed by atoms with Gasteiger partial charge in [-0.05, 0) is 33.1 Å². The van der Waals surface area contributed by atoms with E-state index in [1.165, 1.54) is 12.1 Å². The molecule has 0 saturated carbocycles. The Morgan fingerprint density at radius 3 is 2.95 bits per heavy atom. The number of nitro benzene ring substituents is 1. The third-order valence-corrected chi connectivity index (χ3v) is 2.83. The SMILES string of the molecule is CN(C)CCCNc1n[nH]c2ccc([N+](=O)[O-])cc12. The van der Waals surface area contributed by atoms with Crippen molar-refractivity contribution >= 4 is 22.4 Å². The number of nitrogens with one attached hydrogen (secondary N) is 2. The lowest BCUT2D eigenvalue weighted by molar-refractivity contribution is -0.384. The molecule has 0 spiro atoms. The zero-order valence-electron chi connectivity index (χ0n) is 11.0. The lowest BCUT2D eigenvalue weighted by atomic mass is 10.2. The van der Waals surface area contributed by atoms with Crippen LogP contribution in [0.5, 0.6) is 0 Å². The molecule has 0 aliphatic heterocycles. The van der Waals surface area contributed by atoms with Gasteiger partial charge in [0.1, 0.15) is 0 Å². The van der Waals surface area contributed by atoms with Gasteiger partial charge in [0.25, 0.3) is 5.69 Å². The molecular formula is C12H17N5O2. The molecule has 102 valence electrons. The summed E-state index contributed by atoms with van der Waals surface area (Å²) in [6.07, 6.45) is 0.982. The Labute approximate surface area is 110 Å². The fraction of sp³-hybridized carbons (Fsp3) is 0.417. The Morgan fingerprint density at radius 1 is 1.47 bits per heavy atom. The molecule has 0 bridgehead atoms. The highest BCUT2D eigenvalue weighted by molar-refractivity contribution is 5.91. The van der Waals surface area contributed by atoms with E-state index in [4.69, 9.17) is 0 Å². The summed E-state index contributed by atoms with van der Waals surface area (Å²) in [5.74, 6) is 0.664. The summed E-state index contributed by atoms with van der Waals surface area (Å²) < 4.78 is 0. The van der Waals surface area contributed by atoms with Crippen molar-refractivity contribution in [1.29, 1.82) is 0 Å². The summed E-state index contributed by atoms with van der Waals surface area (Å²) in [5.41, 5.74) is 0.867. The van der Waals surface area contributed by atoms with E-state index >= 15 is 0 Å². The average molecular weight is 263 g/mol. The summed E-state index contributed by atoms with van der Waals surface area (Å²) >= 11 is 0. The van der Waals surface area contributed by atoms with E-state index in [0.717, 1.165) is 30.4 Å². The lowest BCUT2D eigenvalue weighted by Gasteiger charge is -2.09. The van der Waals surface area contributed by atoms with Crippen LogP contribution in [0.1, 0.15) is 6.42 Å². The molecule has 7 heteroatoms. The monoisotopic (exact) mass is 263 g/mol. The first kappa shape index (κ1) is 13.3. The maximum atomic E-state index is 10.8. The fourth-order valence-corrected chi connectivity index (χ4v) is 1.85. The number of rotatable bonds is 6. The Kier molecular flexibility index (Phi) is 3.96. The molecule has 0 amide bonds. The van der Waals surface area contributed by atoms with Crippen LogP contribution >= 0.6 is 0 Å². The molecule has 0 saturated heterocycles. The second-order valence-corrected chi connectivity index (χ2v) is 4.64. The predicted octanol–water partition coefficient (Wildman–Crippen LogP) is 1.83. The summed E-state index contributed by atoms with van der Waals surface area (Å²) in [6, 6.07) is 4.68. The second kappa shape index (κ2) is 5.66. The van der Waals surface area contributed by atoms with Crippen LogP contribution < -0.4 is 5.32 Å². The van der Waals surface area contributed by atoms with Gasteiger partial charge in [0, 0.05) is 18.7 Å². The topological polar surface area (TPSA) is 87.1 Å². The molecule has 1 aromatic carbocycles. The van der Waals surface area contributed by atoms with Crippen LogP contribution in [0, 0.1) is 10.1 Å². The van der Waals surface area contributed by atoms with E-state index in [-0.39, 0.29) is 5.69 Å². The quantitative estimate of drug-likeness (QED) is 0.471. The minimum Gasteiger partial charge on any atom is -0.368 e. The van der Waals surface area contributed by atoms with Gasteiger partial charge in [0.05, 0.1) is 15.8 Å². The first-order valence-corrected chi connectivity index (χ1v) is 6.09. The van der Waals surface area contributed by atoms with E-state index in [1.807, 2.05) is 14.1 Å². The number of fused-ring (bicyclic) bond motifs is 1. The minimum atomic E-state index is -0.401. The molecule has 0 atom stereocenters. The van der Waals surface area contributed by atoms with Crippen molar-refractivity contribution in [2.45, 2.75) is 6.42 Å². The fourth-order valence-electron chi connectivity index (χ4n) is 1.85. The largest absolute Gasteiger partial charge is 0.368 e. The van der Waals surface area contributed by atoms with Gasteiger partial charge in [-0.3, -0.25) is 15.2 Å². The number of nitro groups is 1. The number of hydrogen-bond donors (Lipinski definition) is 2. The third-order valence-electron chi connectivity index (χ3n) is 2.83. The van der Waals surface area contributed by atoms with Crippen molar-refractivity contribution in [2.75, 3.05) is 32.5 Å². The van der Waals surface area contributed by atoms with Gasteiger partial charge in [-0.2, -0.15) is 5.10 Å².